The van der Waals surface area contributed by atoms with E-state index in [-0.39, 0.29) is 6.54 Å². The van der Waals surface area contributed by atoms with Crippen LogP contribution in [-0.4, -0.2) is 22.6 Å². The second kappa shape index (κ2) is 6.20. The van der Waals surface area contributed by atoms with Crippen molar-refractivity contribution in [2.45, 2.75) is 6.54 Å². The summed E-state index contributed by atoms with van der Waals surface area (Å²) >= 11 is 5.94. The Morgan fingerprint density at radius 1 is 1.26 bits per heavy atom. The first-order chi connectivity index (χ1) is 9.15. The van der Waals surface area contributed by atoms with Crippen molar-refractivity contribution in [2.24, 2.45) is 0 Å². The van der Waals surface area contributed by atoms with Crippen LogP contribution in [0.5, 0.6) is 0 Å². The second-order valence-corrected chi connectivity index (χ2v) is 4.52. The van der Waals surface area contributed by atoms with Crippen molar-refractivity contribution >= 4 is 23.3 Å². The lowest BCUT2D eigenvalue weighted by atomic mass is 10.2. The summed E-state index contributed by atoms with van der Waals surface area (Å²) in [6, 6.07) is 10.9. The number of benzene rings is 1. The normalized spacial score (nSPS) is 10.2. The highest BCUT2D eigenvalue weighted by molar-refractivity contribution is 6.30. The maximum Gasteiger partial charge on any atom is 0.323 e. The number of hydrogen-bond acceptors (Lipinski definition) is 3. The molecule has 1 N–H and O–H groups in total. The molecule has 0 saturated heterocycles. The molecule has 2 rings (SSSR count). The number of hydrogen-bond donors (Lipinski definition) is 1. The van der Waals surface area contributed by atoms with Gasteiger partial charge in [0.15, 0.2) is 0 Å². The van der Waals surface area contributed by atoms with E-state index < -0.39 is 5.97 Å². The van der Waals surface area contributed by atoms with Crippen LogP contribution in [0.25, 0.3) is 0 Å². The zero-order valence-electron chi connectivity index (χ0n) is 10.2. The van der Waals surface area contributed by atoms with Gasteiger partial charge in [-0.25, -0.2) is 0 Å². The number of aliphatic carboxylic acids is 1. The Morgan fingerprint density at radius 3 is 2.63 bits per heavy atom. The SMILES string of the molecule is O=C(O)CN(Cc1ccncc1)c1cccc(Cl)c1. The van der Waals surface area contributed by atoms with Gasteiger partial charge in [0.05, 0.1) is 0 Å². The van der Waals surface area contributed by atoms with Crippen molar-refractivity contribution < 1.29 is 9.90 Å². The molecule has 5 heteroatoms. The number of carbonyl (C=O) groups is 1. The average molecular weight is 277 g/mol. The van der Waals surface area contributed by atoms with Gasteiger partial charge < -0.3 is 10.0 Å². The predicted molar refractivity (Wildman–Crippen MR) is 74.4 cm³/mol. The van der Waals surface area contributed by atoms with E-state index in [9.17, 15) is 4.79 Å². The number of aromatic nitrogens is 1. The van der Waals surface area contributed by atoms with Gasteiger partial charge in [0, 0.05) is 29.6 Å². The lowest BCUT2D eigenvalue weighted by molar-refractivity contribution is -0.135. The van der Waals surface area contributed by atoms with Gasteiger partial charge in [0.2, 0.25) is 0 Å². The summed E-state index contributed by atoms with van der Waals surface area (Å²) < 4.78 is 0. The third-order valence-electron chi connectivity index (χ3n) is 2.62. The fourth-order valence-electron chi connectivity index (χ4n) is 1.78. The molecule has 0 bridgehead atoms. The van der Waals surface area contributed by atoms with Crippen LogP contribution in [0.4, 0.5) is 5.69 Å². The largest absolute Gasteiger partial charge is 0.480 e. The molecule has 1 heterocycles. The number of halogens is 1. The first kappa shape index (κ1) is 13.4. The number of nitrogens with zero attached hydrogens (tertiary/aromatic N) is 2. The summed E-state index contributed by atoms with van der Waals surface area (Å²) in [5.41, 5.74) is 1.78. The Bertz CT molecular complexity index is 560. The lowest BCUT2D eigenvalue weighted by Gasteiger charge is -2.23. The van der Waals surface area contributed by atoms with E-state index in [1.165, 1.54) is 0 Å². The molecule has 98 valence electrons. The summed E-state index contributed by atoms with van der Waals surface area (Å²) in [5.74, 6) is -0.881. The lowest BCUT2D eigenvalue weighted by Crippen LogP contribution is -2.29. The molecule has 0 fully saturated rings. The number of anilines is 1. The smallest absolute Gasteiger partial charge is 0.323 e. The molecular weight excluding hydrogens is 264 g/mol. The van der Waals surface area contributed by atoms with Crippen LogP contribution in [0, 0.1) is 0 Å². The topological polar surface area (TPSA) is 53.4 Å². The van der Waals surface area contributed by atoms with E-state index in [0.717, 1.165) is 11.3 Å². The first-order valence-corrected chi connectivity index (χ1v) is 6.14. The monoisotopic (exact) mass is 276 g/mol. The van der Waals surface area contributed by atoms with Gasteiger partial charge in [-0.2, -0.15) is 0 Å². The molecule has 1 aromatic carbocycles. The summed E-state index contributed by atoms with van der Waals surface area (Å²) in [6.07, 6.45) is 3.37. The third-order valence-corrected chi connectivity index (χ3v) is 2.86. The van der Waals surface area contributed by atoms with Crippen molar-refractivity contribution in [3.05, 3.63) is 59.4 Å². The molecule has 0 aliphatic heterocycles. The fourth-order valence-corrected chi connectivity index (χ4v) is 1.97. The highest BCUT2D eigenvalue weighted by Crippen LogP contribution is 2.21. The Hall–Kier alpha value is -2.07. The molecule has 19 heavy (non-hydrogen) atoms. The van der Waals surface area contributed by atoms with Crippen LogP contribution >= 0.6 is 11.6 Å². The van der Waals surface area contributed by atoms with Crippen LogP contribution in [0.15, 0.2) is 48.8 Å². The minimum atomic E-state index is -0.881. The van der Waals surface area contributed by atoms with Gasteiger partial charge in [-0.3, -0.25) is 9.78 Å². The van der Waals surface area contributed by atoms with Crippen molar-refractivity contribution in [2.75, 3.05) is 11.4 Å². The number of carboxylic acids is 1. The van der Waals surface area contributed by atoms with E-state index in [1.54, 1.807) is 35.5 Å². The predicted octanol–water partition coefficient (Wildman–Crippen LogP) is 2.83. The zero-order valence-corrected chi connectivity index (χ0v) is 10.9. The minimum Gasteiger partial charge on any atom is -0.480 e. The van der Waals surface area contributed by atoms with Crippen molar-refractivity contribution in [3.8, 4) is 0 Å². The molecule has 0 saturated carbocycles. The molecular formula is C14H13ClN2O2. The van der Waals surface area contributed by atoms with E-state index in [4.69, 9.17) is 16.7 Å². The highest BCUT2D eigenvalue weighted by Gasteiger charge is 2.11. The van der Waals surface area contributed by atoms with Crippen LogP contribution in [0.1, 0.15) is 5.56 Å². The highest BCUT2D eigenvalue weighted by atomic mass is 35.5. The quantitative estimate of drug-likeness (QED) is 0.912. The summed E-state index contributed by atoms with van der Waals surface area (Å²) in [4.78, 5) is 16.7. The molecule has 0 spiro atoms. The Morgan fingerprint density at radius 2 is 2.00 bits per heavy atom. The van der Waals surface area contributed by atoms with Crippen LogP contribution in [0.2, 0.25) is 5.02 Å². The minimum absolute atomic E-state index is 0.0807. The fraction of sp³-hybridized carbons (Fsp3) is 0.143. The molecule has 0 atom stereocenters. The van der Waals surface area contributed by atoms with Crippen molar-refractivity contribution in [1.82, 2.24) is 4.98 Å². The third kappa shape index (κ3) is 3.96. The maximum absolute atomic E-state index is 11.0. The number of pyridine rings is 1. The average Bonchev–Trinajstić information content (AvgIpc) is 2.39. The van der Waals surface area contributed by atoms with Gasteiger partial charge in [-0.05, 0) is 35.9 Å². The number of rotatable bonds is 5. The van der Waals surface area contributed by atoms with Gasteiger partial charge in [0.1, 0.15) is 6.54 Å². The zero-order chi connectivity index (χ0) is 13.7. The summed E-state index contributed by atoms with van der Waals surface area (Å²) in [7, 11) is 0. The molecule has 1 aromatic heterocycles. The van der Waals surface area contributed by atoms with E-state index in [0.29, 0.717) is 11.6 Å². The van der Waals surface area contributed by atoms with Gasteiger partial charge in [-0.1, -0.05) is 17.7 Å². The summed E-state index contributed by atoms with van der Waals surface area (Å²) in [6.45, 7) is 0.415. The molecule has 2 aromatic rings. The molecule has 0 radical (unpaired) electrons. The Labute approximate surface area is 116 Å². The Balaban J connectivity index is 2.23. The van der Waals surface area contributed by atoms with Gasteiger partial charge >= 0.3 is 5.97 Å². The molecule has 0 aliphatic carbocycles. The molecule has 4 nitrogen and oxygen atoms in total. The van der Waals surface area contributed by atoms with Crippen molar-refractivity contribution in [3.63, 3.8) is 0 Å². The van der Waals surface area contributed by atoms with Crippen LogP contribution in [0.3, 0.4) is 0 Å². The standard InChI is InChI=1S/C14H13ClN2O2/c15-12-2-1-3-13(8-12)17(10-14(18)19)9-11-4-6-16-7-5-11/h1-8H,9-10H2,(H,18,19). The molecule has 0 amide bonds. The van der Waals surface area contributed by atoms with Crippen molar-refractivity contribution in [1.29, 1.82) is 0 Å². The molecule has 0 aliphatic rings. The maximum atomic E-state index is 11.0. The van der Waals surface area contributed by atoms with Crippen LogP contribution < -0.4 is 4.90 Å². The number of carboxylic acid groups (broad SMARTS) is 1. The summed E-state index contributed by atoms with van der Waals surface area (Å²) in [5, 5.41) is 9.59. The van der Waals surface area contributed by atoms with E-state index in [2.05, 4.69) is 4.98 Å². The second-order valence-electron chi connectivity index (χ2n) is 4.09. The first-order valence-electron chi connectivity index (χ1n) is 5.76. The van der Waals surface area contributed by atoms with E-state index >= 15 is 0 Å². The van der Waals surface area contributed by atoms with Crippen LogP contribution in [-0.2, 0) is 11.3 Å². The van der Waals surface area contributed by atoms with E-state index in [1.807, 2.05) is 18.2 Å². The van der Waals surface area contributed by atoms with Gasteiger partial charge in [0.25, 0.3) is 0 Å². The molecule has 0 unspecified atom stereocenters. The Kier molecular flexibility index (Phi) is 4.36. The van der Waals surface area contributed by atoms with Gasteiger partial charge in [-0.15, -0.1) is 0 Å².